The largest absolute Gasteiger partial charge is 0.331 e. The molecule has 0 atom stereocenters. The highest BCUT2D eigenvalue weighted by Gasteiger charge is 2.25. The minimum Gasteiger partial charge on any atom is -0.331 e. The second-order valence-corrected chi connectivity index (χ2v) is 6.84. The summed E-state index contributed by atoms with van der Waals surface area (Å²) in [6.45, 7) is 3.25. The molecule has 3 aromatic rings. The van der Waals surface area contributed by atoms with E-state index in [9.17, 15) is 9.59 Å². The number of fused-ring (bicyclic) bond motifs is 1. The summed E-state index contributed by atoms with van der Waals surface area (Å²) >= 11 is 0. The van der Waals surface area contributed by atoms with Gasteiger partial charge in [0.2, 0.25) is 0 Å². The van der Waals surface area contributed by atoms with Crippen molar-refractivity contribution in [3.05, 3.63) is 88.7 Å². The fourth-order valence-corrected chi connectivity index (χ4v) is 3.54. The summed E-state index contributed by atoms with van der Waals surface area (Å²) in [5.41, 5.74) is 4.21. The van der Waals surface area contributed by atoms with Crippen LogP contribution in [0.4, 0.5) is 0 Å². The zero-order valence-corrected chi connectivity index (χ0v) is 15.3. The second kappa shape index (κ2) is 7.19. The van der Waals surface area contributed by atoms with Gasteiger partial charge in [0.05, 0.1) is 30.0 Å². The lowest BCUT2D eigenvalue weighted by molar-refractivity contribution is 0.0702. The van der Waals surface area contributed by atoms with Crippen molar-refractivity contribution in [1.82, 2.24) is 14.7 Å². The molecule has 5 nitrogen and oxygen atoms in total. The summed E-state index contributed by atoms with van der Waals surface area (Å²) in [7, 11) is 0. The van der Waals surface area contributed by atoms with E-state index in [4.69, 9.17) is 0 Å². The van der Waals surface area contributed by atoms with Gasteiger partial charge in [0.15, 0.2) is 5.78 Å². The minimum atomic E-state index is -0.0992. The first-order valence-corrected chi connectivity index (χ1v) is 9.10. The van der Waals surface area contributed by atoms with E-state index in [0.29, 0.717) is 30.8 Å². The highest BCUT2D eigenvalue weighted by molar-refractivity contribution is 6.07. The Labute approximate surface area is 158 Å². The summed E-state index contributed by atoms with van der Waals surface area (Å²) in [5.74, 6) is -0.191. The van der Waals surface area contributed by atoms with Gasteiger partial charge in [0, 0.05) is 18.5 Å². The molecule has 2 heterocycles. The van der Waals surface area contributed by atoms with Crippen LogP contribution >= 0.6 is 0 Å². The second-order valence-electron chi connectivity index (χ2n) is 6.84. The number of hydrogen-bond acceptors (Lipinski definition) is 3. The first-order valence-electron chi connectivity index (χ1n) is 9.10. The average molecular weight is 359 g/mol. The van der Waals surface area contributed by atoms with Crippen LogP contribution < -0.4 is 0 Å². The third-order valence-corrected chi connectivity index (χ3v) is 4.90. The lowest BCUT2D eigenvalue weighted by Crippen LogP contribution is -2.38. The fraction of sp³-hybridized carbons (Fsp3) is 0.227. The van der Waals surface area contributed by atoms with Crippen LogP contribution in [0, 0.1) is 0 Å². The summed E-state index contributed by atoms with van der Waals surface area (Å²) in [6.07, 6.45) is 0.780. The molecule has 0 saturated carbocycles. The van der Waals surface area contributed by atoms with Gasteiger partial charge >= 0.3 is 0 Å². The predicted molar refractivity (Wildman–Crippen MR) is 103 cm³/mol. The number of carbonyl (C=O) groups excluding carboxylic acids is 2. The normalized spacial score (nSPS) is 13.3. The van der Waals surface area contributed by atoms with Crippen LogP contribution in [0.5, 0.6) is 0 Å². The molecule has 1 aliphatic rings. The maximum absolute atomic E-state index is 13.0. The molecule has 0 fully saturated rings. The van der Waals surface area contributed by atoms with Gasteiger partial charge < -0.3 is 4.90 Å². The number of ketones is 1. The van der Waals surface area contributed by atoms with Crippen LogP contribution in [-0.4, -0.2) is 32.9 Å². The van der Waals surface area contributed by atoms with Gasteiger partial charge in [-0.3, -0.25) is 14.3 Å². The number of benzene rings is 2. The molecule has 4 rings (SSSR count). The maximum Gasteiger partial charge on any atom is 0.255 e. The summed E-state index contributed by atoms with van der Waals surface area (Å²) < 4.78 is 1.99. The van der Waals surface area contributed by atoms with E-state index in [-0.39, 0.29) is 11.7 Å². The van der Waals surface area contributed by atoms with E-state index in [2.05, 4.69) is 23.3 Å². The SMILES string of the molecule is CC(=O)c1ccccc1C(=O)N1CCn2nc(Cc3ccccc3)cc2C1. The molecule has 0 spiro atoms. The van der Waals surface area contributed by atoms with Crippen molar-refractivity contribution in [2.24, 2.45) is 0 Å². The van der Waals surface area contributed by atoms with Crippen molar-refractivity contribution < 1.29 is 9.59 Å². The molecule has 0 bridgehead atoms. The lowest BCUT2D eigenvalue weighted by Gasteiger charge is -2.28. The Morgan fingerprint density at radius 3 is 2.41 bits per heavy atom. The third kappa shape index (κ3) is 3.53. The van der Waals surface area contributed by atoms with Crippen molar-refractivity contribution in [3.8, 4) is 0 Å². The Balaban J connectivity index is 1.53. The molecular weight excluding hydrogens is 338 g/mol. The van der Waals surface area contributed by atoms with Crippen LogP contribution in [-0.2, 0) is 19.5 Å². The average Bonchev–Trinajstić information content (AvgIpc) is 3.09. The van der Waals surface area contributed by atoms with Gasteiger partial charge in [-0.1, -0.05) is 48.5 Å². The van der Waals surface area contributed by atoms with Crippen molar-refractivity contribution in [3.63, 3.8) is 0 Å². The first-order chi connectivity index (χ1) is 13.1. The summed E-state index contributed by atoms with van der Waals surface area (Å²) in [5, 5.41) is 4.68. The van der Waals surface area contributed by atoms with Gasteiger partial charge in [-0.25, -0.2) is 0 Å². The van der Waals surface area contributed by atoms with Crippen LogP contribution in [0.1, 0.15) is 44.6 Å². The smallest absolute Gasteiger partial charge is 0.255 e. The van der Waals surface area contributed by atoms with Gasteiger partial charge in [-0.2, -0.15) is 5.10 Å². The number of nitrogens with zero attached hydrogens (tertiary/aromatic N) is 3. The molecule has 0 N–H and O–H groups in total. The number of aromatic nitrogens is 2. The molecule has 27 heavy (non-hydrogen) atoms. The van der Waals surface area contributed by atoms with Gasteiger partial charge in [0.25, 0.3) is 5.91 Å². The number of rotatable bonds is 4. The first kappa shape index (κ1) is 17.2. The van der Waals surface area contributed by atoms with Crippen LogP contribution in [0.25, 0.3) is 0 Å². The minimum absolute atomic E-state index is 0.0915. The number of Topliss-reactive ketones (excluding diaryl/α,β-unsaturated/α-hetero) is 1. The molecule has 1 aromatic heterocycles. The Bertz CT molecular complexity index is 992. The van der Waals surface area contributed by atoms with Crippen LogP contribution in [0.2, 0.25) is 0 Å². The zero-order chi connectivity index (χ0) is 18.8. The Morgan fingerprint density at radius 1 is 0.963 bits per heavy atom. The third-order valence-electron chi connectivity index (χ3n) is 4.90. The molecule has 5 heteroatoms. The number of amides is 1. The van der Waals surface area contributed by atoms with Crippen molar-refractivity contribution in [2.75, 3.05) is 6.54 Å². The maximum atomic E-state index is 13.0. The van der Waals surface area contributed by atoms with Crippen LogP contribution in [0.3, 0.4) is 0 Å². The molecule has 136 valence electrons. The van der Waals surface area contributed by atoms with E-state index < -0.39 is 0 Å². The molecular formula is C22H21N3O2. The van der Waals surface area contributed by atoms with E-state index in [0.717, 1.165) is 17.8 Å². The van der Waals surface area contributed by atoms with E-state index >= 15 is 0 Å². The van der Waals surface area contributed by atoms with Crippen molar-refractivity contribution in [2.45, 2.75) is 26.4 Å². The predicted octanol–water partition coefficient (Wildman–Crippen LogP) is 3.33. The van der Waals surface area contributed by atoms with Crippen molar-refractivity contribution >= 4 is 11.7 Å². The van der Waals surface area contributed by atoms with E-state index in [1.165, 1.54) is 12.5 Å². The molecule has 2 aromatic carbocycles. The highest BCUT2D eigenvalue weighted by Crippen LogP contribution is 2.20. The Morgan fingerprint density at radius 2 is 1.67 bits per heavy atom. The monoisotopic (exact) mass is 359 g/mol. The molecule has 0 aliphatic carbocycles. The standard InChI is InChI=1S/C22H21N3O2/c1-16(26)20-9-5-6-10-21(20)22(27)24-11-12-25-19(15-24)14-18(23-25)13-17-7-3-2-4-8-17/h2-10,14H,11-13,15H2,1H3. The molecule has 1 amide bonds. The number of carbonyl (C=O) groups is 2. The molecule has 0 radical (unpaired) electrons. The number of hydrogen-bond donors (Lipinski definition) is 0. The van der Waals surface area contributed by atoms with Gasteiger partial charge in [0.1, 0.15) is 0 Å². The quantitative estimate of drug-likeness (QED) is 0.672. The fourth-order valence-electron chi connectivity index (χ4n) is 3.54. The van der Waals surface area contributed by atoms with Crippen molar-refractivity contribution in [1.29, 1.82) is 0 Å². The van der Waals surface area contributed by atoms with Crippen LogP contribution in [0.15, 0.2) is 60.7 Å². The van der Waals surface area contributed by atoms with E-state index in [1.54, 1.807) is 29.2 Å². The Hall–Kier alpha value is -3.21. The zero-order valence-electron chi connectivity index (χ0n) is 15.3. The summed E-state index contributed by atoms with van der Waals surface area (Å²) in [6, 6.07) is 19.3. The lowest BCUT2D eigenvalue weighted by atomic mass is 10.0. The van der Waals surface area contributed by atoms with Gasteiger partial charge in [-0.05, 0) is 24.6 Å². The highest BCUT2D eigenvalue weighted by atomic mass is 16.2. The Kier molecular flexibility index (Phi) is 4.59. The molecule has 0 saturated heterocycles. The topological polar surface area (TPSA) is 55.2 Å². The molecule has 1 aliphatic heterocycles. The summed E-state index contributed by atoms with van der Waals surface area (Å²) in [4.78, 5) is 26.6. The molecule has 0 unspecified atom stereocenters. The van der Waals surface area contributed by atoms with Gasteiger partial charge in [-0.15, -0.1) is 0 Å². The van der Waals surface area contributed by atoms with E-state index in [1.807, 2.05) is 22.9 Å².